The minimum atomic E-state index is 0.0341. The zero-order valence-corrected chi connectivity index (χ0v) is 15.4. The number of benzene rings is 1. The number of nitrogens with zero attached hydrogens (tertiary/aromatic N) is 6. The number of allylic oxidation sites excluding steroid dienone is 2. The highest BCUT2D eigenvalue weighted by molar-refractivity contribution is 5.74. The van der Waals surface area contributed by atoms with Crippen LogP contribution in [-0.2, 0) is 0 Å². The van der Waals surface area contributed by atoms with Crippen LogP contribution in [0.25, 0.3) is 5.69 Å². The third-order valence-electron chi connectivity index (χ3n) is 5.22. The molecule has 0 radical (unpaired) electrons. The van der Waals surface area contributed by atoms with Crippen molar-refractivity contribution < 1.29 is 4.79 Å². The summed E-state index contributed by atoms with van der Waals surface area (Å²) in [5.41, 5.74) is 0.930. The standard InChI is InChI=1S/C19H25N7O/c27-19(20-15-16-7-3-1-4-8-16)25-13-11-24(12-14-25)18-21-22-23-26(18)17-9-5-2-6-10-17/h1-3,5-6,9-10,16H,4,7-8,11-15H2,(H,20,27). The summed E-state index contributed by atoms with van der Waals surface area (Å²) in [5, 5.41) is 15.2. The fourth-order valence-corrected chi connectivity index (χ4v) is 3.61. The van der Waals surface area contributed by atoms with Crippen molar-refractivity contribution in [2.24, 2.45) is 5.92 Å². The maximum Gasteiger partial charge on any atom is 0.317 e. The first-order chi connectivity index (χ1) is 13.3. The first-order valence-electron chi connectivity index (χ1n) is 9.58. The second-order valence-corrected chi connectivity index (χ2v) is 7.04. The lowest BCUT2D eigenvalue weighted by Gasteiger charge is -2.35. The van der Waals surface area contributed by atoms with Gasteiger partial charge in [0.1, 0.15) is 0 Å². The normalized spacial score (nSPS) is 19.9. The zero-order valence-electron chi connectivity index (χ0n) is 15.4. The van der Waals surface area contributed by atoms with Gasteiger partial charge in [0.05, 0.1) is 5.69 Å². The summed E-state index contributed by atoms with van der Waals surface area (Å²) < 4.78 is 1.74. The number of urea groups is 1. The van der Waals surface area contributed by atoms with E-state index in [9.17, 15) is 4.79 Å². The molecule has 2 amide bonds. The molecule has 0 saturated carbocycles. The number of tetrazole rings is 1. The van der Waals surface area contributed by atoms with Crippen molar-refractivity contribution in [2.45, 2.75) is 19.3 Å². The predicted molar refractivity (Wildman–Crippen MR) is 103 cm³/mol. The van der Waals surface area contributed by atoms with Gasteiger partial charge in [-0.3, -0.25) is 0 Å². The Morgan fingerprint density at radius 1 is 1.11 bits per heavy atom. The topological polar surface area (TPSA) is 79.2 Å². The number of anilines is 1. The Hall–Kier alpha value is -2.90. The molecule has 4 rings (SSSR count). The average molecular weight is 367 g/mol. The molecule has 2 aliphatic rings. The van der Waals surface area contributed by atoms with E-state index in [0.717, 1.165) is 37.4 Å². The van der Waals surface area contributed by atoms with E-state index in [-0.39, 0.29) is 6.03 Å². The molecule has 142 valence electrons. The lowest BCUT2D eigenvalue weighted by molar-refractivity contribution is 0.191. The zero-order chi connectivity index (χ0) is 18.5. The number of hydrogen-bond acceptors (Lipinski definition) is 5. The Labute approximate surface area is 158 Å². The molecule has 1 saturated heterocycles. The third kappa shape index (κ3) is 4.10. The van der Waals surface area contributed by atoms with Gasteiger partial charge in [0, 0.05) is 32.7 Å². The van der Waals surface area contributed by atoms with Gasteiger partial charge in [-0.15, -0.1) is 0 Å². The minimum absolute atomic E-state index is 0.0341. The summed E-state index contributed by atoms with van der Waals surface area (Å²) in [6, 6.07) is 9.88. The smallest absolute Gasteiger partial charge is 0.317 e. The molecule has 1 fully saturated rings. The Morgan fingerprint density at radius 2 is 1.93 bits per heavy atom. The van der Waals surface area contributed by atoms with Crippen LogP contribution in [0.5, 0.6) is 0 Å². The first-order valence-corrected chi connectivity index (χ1v) is 9.58. The highest BCUT2D eigenvalue weighted by atomic mass is 16.2. The van der Waals surface area contributed by atoms with Gasteiger partial charge in [0.25, 0.3) is 0 Å². The molecule has 0 bridgehead atoms. The van der Waals surface area contributed by atoms with Gasteiger partial charge < -0.3 is 15.1 Å². The average Bonchev–Trinajstić information content (AvgIpc) is 3.23. The number of para-hydroxylation sites is 1. The van der Waals surface area contributed by atoms with E-state index in [0.29, 0.717) is 32.1 Å². The highest BCUT2D eigenvalue weighted by Crippen LogP contribution is 2.18. The lowest BCUT2D eigenvalue weighted by atomic mass is 9.94. The maximum atomic E-state index is 12.5. The number of rotatable bonds is 4. The molecule has 1 N–H and O–H groups in total. The van der Waals surface area contributed by atoms with Crippen LogP contribution < -0.4 is 10.2 Å². The van der Waals surface area contributed by atoms with Gasteiger partial charge in [0.2, 0.25) is 5.95 Å². The van der Waals surface area contributed by atoms with Crippen LogP contribution in [0.2, 0.25) is 0 Å². The van der Waals surface area contributed by atoms with Crippen molar-refractivity contribution in [3.8, 4) is 5.69 Å². The number of aromatic nitrogens is 4. The largest absolute Gasteiger partial charge is 0.338 e. The Bertz CT molecular complexity index is 780. The van der Waals surface area contributed by atoms with Crippen LogP contribution in [0.4, 0.5) is 10.7 Å². The fraction of sp³-hybridized carbons (Fsp3) is 0.474. The molecule has 2 heterocycles. The second-order valence-electron chi connectivity index (χ2n) is 7.04. The van der Waals surface area contributed by atoms with E-state index < -0.39 is 0 Å². The van der Waals surface area contributed by atoms with Crippen molar-refractivity contribution in [2.75, 3.05) is 37.6 Å². The van der Waals surface area contributed by atoms with Crippen molar-refractivity contribution in [1.82, 2.24) is 30.4 Å². The molecule has 1 aliphatic carbocycles. The van der Waals surface area contributed by atoms with Crippen LogP contribution in [0.3, 0.4) is 0 Å². The first kappa shape index (κ1) is 17.5. The number of piperazine rings is 1. The molecule has 27 heavy (non-hydrogen) atoms. The molecule has 1 unspecified atom stereocenters. The summed E-state index contributed by atoms with van der Waals surface area (Å²) in [7, 11) is 0. The van der Waals surface area contributed by atoms with Crippen LogP contribution >= 0.6 is 0 Å². The van der Waals surface area contributed by atoms with Crippen LogP contribution in [0.15, 0.2) is 42.5 Å². The number of carbonyl (C=O) groups excluding carboxylic acids is 1. The molecule has 1 atom stereocenters. The second kappa shape index (κ2) is 8.20. The molecule has 1 aromatic carbocycles. The Morgan fingerprint density at radius 3 is 2.67 bits per heavy atom. The Balaban J connectivity index is 1.31. The van der Waals surface area contributed by atoms with Gasteiger partial charge in [-0.25, -0.2) is 4.79 Å². The van der Waals surface area contributed by atoms with Crippen molar-refractivity contribution >= 4 is 12.0 Å². The van der Waals surface area contributed by atoms with Gasteiger partial charge in [-0.1, -0.05) is 35.4 Å². The van der Waals surface area contributed by atoms with E-state index in [1.165, 1.54) is 0 Å². The number of hydrogen-bond donors (Lipinski definition) is 1. The van der Waals surface area contributed by atoms with Crippen molar-refractivity contribution in [1.29, 1.82) is 0 Å². The van der Waals surface area contributed by atoms with E-state index >= 15 is 0 Å². The van der Waals surface area contributed by atoms with E-state index in [4.69, 9.17) is 0 Å². The number of amides is 2. The monoisotopic (exact) mass is 367 g/mol. The van der Waals surface area contributed by atoms with Gasteiger partial charge in [0.15, 0.2) is 0 Å². The molecule has 1 aliphatic heterocycles. The van der Waals surface area contributed by atoms with Crippen LogP contribution in [-0.4, -0.2) is 63.9 Å². The fourth-order valence-electron chi connectivity index (χ4n) is 3.61. The highest BCUT2D eigenvalue weighted by Gasteiger charge is 2.25. The minimum Gasteiger partial charge on any atom is -0.338 e. The van der Waals surface area contributed by atoms with Gasteiger partial charge in [-0.2, -0.15) is 4.68 Å². The van der Waals surface area contributed by atoms with Crippen molar-refractivity contribution in [3.63, 3.8) is 0 Å². The van der Waals surface area contributed by atoms with Crippen LogP contribution in [0, 0.1) is 5.92 Å². The number of nitrogens with one attached hydrogen (secondary N) is 1. The van der Waals surface area contributed by atoms with Crippen LogP contribution in [0.1, 0.15) is 19.3 Å². The van der Waals surface area contributed by atoms with E-state index in [1.54, 1.807) is 4.68 Å². The quantitative estimate of drug-likeness (QED) is 0.835. The SMILES string of the molecule is O=C(NCC1CC=CCC1)N1CCN(c2nnnn2-c2ccccc2)CC1. The lowest BCUT2D eigenvalue weighted by Crippen LogP contribution is -2.52. The molecule has 2 aromatic rings. The summed E-state index contributed by atoms with van der Waals surface area (Å²) in [6.45, 7) is 3.52. The van der Waals surface area contributed by atoms with Gasteiger partial charge >= 0.3 is 6.03 Å². The maximum absolute atomic E-state index is 12.5. The van der Waals surface area contributed by atoms with Crippen molar-refractivity contribution in [3.05, 3.63) is 42.5 Å². The Kier molecular flexibility index (Phi) is 5.32. The molecular weight excluding hydrogens is 342 g/mol. The molecular formula is C19H25N7O. The summed E-state index contributed by atoms with van der Waals surface area (Å²) in [4.78, 5) is 16.5. The van der Waals surface area contributed by atoms with E-state index in [2.05, 4.69) is 37.9 Å². The molecule has 8 nitrogen and oxygen atoms in total. The number of carbonyl (C=O) groups is 1. The van der Waals surface area contributed by atoms with Gasteiger partial charge in [-0.05, 0) is 47.7 Å². The third-order valence-corrected chi connectivity index (χ3v) is 5.22. The van der Waals surface area contributed by atoms with E-state index in [1.807, 2.05) is 35.2 Å². The summed E-state index contributed by atoms with van der Waals surface area (Å²) in [5.74, 6) is 1.28. The summed E-state index contributed by atoms with van der Waals surface area (Å²) in [6.07, 6.45) is 7.79. The predicted octanol–water partition coefficient (Wildman–Crippen LogP) is 1.85. The summed E-state index contributed by atoms with van der Waals surface area (Å²) >= 11 is 0. The molecule has 0 spiro atoms. The molecule has 1 aromatic heterocycles. The molecule has 8 heteroatoms.